The van der Waals surface area contributed by atoms with E-state index in [0.29, 0.717) is 26.1 Å². The highest BCUT2D eigenvalue weighted by molar-refractivity contribution is 9.10. The lowest BCUT2D eigenvalue weighted by Crippen LogP contribution is -2.08. The Morgan fingerprint density at radius 2 is 2.29 bits per heavy atom. The first-order valence-electron chi connectivity index (χ1n) is 6.15. The van der Waals surface area contributed by atoms with Crippen LogP contribution in [-0.4, -0.2) is 17.1 Å². The molecule has 1 aromatic heterocycles. The standard InChI is InChI=1S/C13H12BrClN4O2/c1-3-21-13(20)12-7-4-8(14)9(15)5-10(7)19(2)11(12)6-17-18-16/h4-5H,3,6H2,1-2H3. The summed E-state index contributed by atoms with van der Waals surface area (Å²) >= 11 is 9.46. The lowest BCUT2D eigenvalue weighted by molar-refractivity contribution is 0.0527. The van der Waals surface area contributed by atoms with Gasteiger partial charge >= 0.3 is 5.97 Å². The summed E-state index contributed by atoms with van der Waals surface area (Å²) in [6.45, 7) is 2.07. The average Bonchev–Trinajstić information content (AvgIpc) is 2.70. The van der Waals surface area contributed by atoms with E-state index in [0.717, 1.165) is 5.52 Å². The summed E-state index contributed by atoms with van der Waals surface area (Å²) in [5.41, 5.74) is 10.3. The number of carbonyl (C=O) groups excluding carboxylic acids is 1. The Morgan fingerprint density at radius 1 is 1.57 bits per heavy atom. The lowest BCUT2D eigenvalue weighted by Gasteiger charge is -2.04. The zero-order valence-electron chi connectivity index (χ0n) is 11.4. The summed E-state index contributed by atoms with van der Waals surface area (Å²) in [6.07, 6.45) is 0. The first-order valence-corrected chi connectivity index (χ1v) is 7.32. The number of ether oxygens (including phenoxy) is 1. The largest absolute Gasteiger partial charge is 0.462 e. The zero-order valence-corrected chi connectivity index (χ0v) is 13.8. The molecule has 0 aliphatic rings. The average molecular weight is 372 g/mol. The van der Waals surface area contributed by atoms with Crippen LogP contribution in [0.25, 0.3) is 21.3 Å². The molecule has 0 radical (unpaired) electrons. The lowest BCUT2D eigenvalue weighted by atomic mass is 10.1. The smallest absolute Gasteiger partial charge is 0.340 e. The van der Waals surface area contributed by atoms with Crippen molar-refractivity contribution in [3.8, 4) is 0 Å². The van der Waals surface area contributed by atoms with Gasteiger partial charge in [0.1, 0.15) is 0 Å². The fourth-order valence-corrected chi connectivity index (χ4v) is 2.70. The predicted molar refractivity (Wildman–Crippen MR) is 84.4 cm³/mol. The normalized spacial score (nSPS) is 10.5. The molecule has 1 heterocycles. The zero-order chi connectivity index (χ0) is 15.6. The van der Waals surface area contributed by atoms with Crippen LogP contribution in [-0.2, 0) is 18.3 Å². The van der Waals surface area contributed by atoms with Crippen molar-refractivity contribution < 1.29 is 9.53 Å². The van der Waals surface area contributed by atoms with Gasteiger partial charge in [0.2, 0.25) is 0 Å². The van der Waals surface area contributed by atoms with Crippen molar-refractivity contribution in [1.82, 2.24) is 4.57 Å². The molecule has 0 aliphatic carbocycles. The molecular weight excluding hydrogens is 360 g/mol. The highest BCUT2D eigenvalue weighted by atomic mass is 79.9. The van der Waals surface area contributed by atoms with Gasteiger partial charge in [0.15, 0.2) is 0 Å². The van der Waals surface area contributed by atoms with Gasteiger partial charge in [0.05, 0.1) is 29.3 Å². The van der Waals surface area contributed by atoms with E-state index in [-0.39, 0.29) is 13.2 Å². The highest BCUT2D eigenvalue weighted by Crippen LogP contribution is 2.33. The summed E-state index contributed by atoms with van der Waals surface area (Å²) in [5.74, 6) is -0.444. The Labute approximate surface area is 134 Å². The maximum atomic E-state index is 12.2. The maximum Gasteiger partial charge on any atom is 0.340 e. The van der Waals surface area contributed by atoms with Crippen molar-refractivity contribution in [2.45, 2.75) is 13.5 Å². The number of aryl methyl sites for hydroxylation is 1. The molecule has 0 unspecified atom stereocenters. The van der Waals surface area contributed by atoms with E-state index < -0.39 is 5.97 Å². The Morgan fingerprint density at radius 3 is 2.90 bits per heavy atom. The van der Waals surface area contributed by atoms with E-state index in [2.05, 4.69) is 26.0 Å². The first-order chi connectivity index (χ1) is 10.0. The number of azide groups is 1. The number of hydrogen-bond acceptors (Lipinski definition) is 3. The second-order valence-corrected chi connectivity index (χ2v) is 5.54. The number of fused-ring (bicyclic) bond motifs is 1. The third-order valence-electron chi connectivity index (χ3n) is 3.13. The van der Waals surface area contributed by atoms with Crippen LogP contribution >= 0.6 is 27.5 Å². The quantitative estimate of drug-likeness (QED) is 0.341. The monoisotopic (exact) mass is 370 g/mol. The van der Waals surface area contributed by atoms with E-state index in [4.69, 9.17) is 21.9 Å². The van der Waals surface area contributed by atoms with Gasteiger partial charge in [0.25, 0.3) is 0 Å². The Kier molecular flexibility index (Phi) is 4.77. The maximum absolute atomic E-state index is 12.2. The molecular formula is C13H12BrClN4O2. The molecule has 2 rings (SSSR count). The number of nitrogens with zero attached hydrogens (tertiary/aromatic N) is 4. The van der Waals surface area contributed by atoms with Gasteiger partial charge in [-0.1, -0.05) is 16.7 Å². The molecule has 8 heteroatoms. The Balaban J connectivity index is 2.78. The topological polar surface area (TPSA) is 80.0 Å². The number of benzene rings is 1. The molecule has 2 aromatic rings. The highest BCUT2D eigenvalue weighted by Gasteiger charge is 2.22. The predicted octanol–water partition coefficient (Wildman–Crippen LogP) is 4.58. The summed E-state index contributed by atoms with van der Waals surface area (Å²) in [5, 5.41) is 4.79. The van der Waals surface area contributed by atoms with Crippen LogP contribution < -0.4 is 0 Å². The second-order valence-electron chi connectivity index (χ2n) is 4.27. The second kappa shape index (κ2) is 6.39. The van der Waals surface area contributed by atoms with Gasteiger partial charge in [-0.15, -0.1) is 0 Å². The summed E-state index contributed by atoms with van der Waals surface area (Å²) < 4.78 is 7.57. The third kappa shape index (κ3) is 2.85. The SMILES string of the molecule is CCOC(=O)c1c(CN=[N+]=[N-])n(C)c2cc(Cl)c(Br)cc12. The minimum Gasteiger partial charge on any atom is -0.462 e. The van der Waals surface area contributed by atoms with Gasteiger partial charge in [-0.3, -0.25) is 0 Å². The van der Waals surface area contributed by atoms with Gasteiger partial charge in [-0.05, 0) is 40.5 Å². The van der Waals surface area contributed by atoms with E-state index in [1.807, 2.05) is 0 Å². The molecule has 1 aromatic carbocycles. The number of halogens is 2. The Hall–Kier alpha value is -1.69. The van der Waals surface area contributed by atoms with Crippen LogP contribution in [0.5, 0.6) is 0 Å². The molecule has 0 N–H and O–H groups in total. The van der Waals surface area contributed by atoms with E-state index in [1.54, 1.807) is 30.7 Å². The number of esters is 1. The Bertz CT molecular complexity index is 765. The fourth-order valence-electron chi connectivity index (χ4n) is 2.20. The molecule has 0 amide bonds. The van der Waals surface area contributed by atoms with Crippen LogP contribution in [0.15, 0.2) is 21.7 Å². The fraction of sp³-hybridized carbons (Fsp3) is 0.308. The molecule has 21 heavy (non-hydrogen) atoms. The molecule has 0 saturated carbocycles. The first kappa shape index (κ1) is 15.7. The van der Waals surface area contributed by atoms with Crippen molar-refractivity contribution in [3.05, 3.63) is 43.3 Å². The molecule has 110 valence electrons. The van der Waals surface area contributed by atoms with Crippen molar-refractivity contribution in [2.24, 2.45) is 12.2 Å². The van der Waals surface area contributed by atoms with Crippen molar-refractivity contribution in [2.75, 3.05) is 6.61 Å². The van der Waals surface area contributed by atoms with E-state index >= 15 is 0 Å². The number of carbonyl (C=O) groups is 1. The van der Waals surface area contributed by atoms with Crippen LogP contribution in [0.1, 0.15) is 23.0 Å². The van der Waals surface area contributed by atoms with E-state index in [1.165, 1.54) is 0 Å². The minimum atomic E-state index is -0.444. The molecule has 0 aliphatic heterocycles. The molecule has 6 nitrogen and oxygen atoms in total. The summed E-state index contributed by atoms with van der Waals surface area (Å²) in [7, 11) is 1.79. The van der Waals surface area contributed by atoms with Gasteiger partial charge < -0.3 is 9.30 Å². The number of aromatic nitrogens is 1. The van der Waals surface area contributed by atoms with Crippen LogP contribution in [0.3, 0.4) is 0 Å². The summed E-state index contributed by atoms with van der Waals surface area (Å²) in [4.78, 5) is 15.0. The molecule has 0 fully saturated rings. The van der Waals surface area contributed by atoms with Crippen molar-refractivity contribution in [1.29, 1.82) is 0 Å². The van der Waals surface area contributed by atoms with Crippen LogP contribution in [0.2, 0.25) is 5.02 Å². The minimum absolute atomic E-state index is 0.0606. The molecule has 0 atom stereocenters. The van der Waals surface area contributed by atoms with Crippen molar-refractivity contribution >= 4 is 44.4 Å². The number of rotatable bonds is 4. The van der Waals surface area contributed by atoms with Crippen LogP contribution in [0.4, 0.5) is 0 Å². The van der Waals surface area contributed by atoms with Gasteiger partial charge in [0, 0.05) is 27.5 Å². The molecule has 0 bridgehead atoms. The number of hydrogen-bond donors (Lipinski definition) is 0. The summed E-state index contributed by atoms with van der Waals surface area (Å²) in [6, 6.07) is 3.52. The van der Waals surface area contributed by atoms with Crippen LogP contribution in [0, 0.1) is 0 Å². The molecule has 0 spiro atoms. The third-order valence-corrected chi connectivity index (χ3v) is 4.32. The van der Waals surface area contributed by atoms with Gasteiger partial charge in [-0.2, -0.15) is 0 Å². The van der Waals surface area contributed by atoms with Crippen molar-refractivity contribution in [3.63, 3.8) is 0 Å². The molecule has 0 saturated heterocycles. The van der Waals surface area contributed by atoms with Gasteiger partial charge in [-0.25, -0.2) is 4.79 Å². The van der Waals surface area contributed by atoms with E-state index in [9.17, 15) is 4.79 Å².